The van der Waals surface area contributed by atoms with Crippen LogP contribution < -0.4 is 9.86 Å². The molecule has 3 N–H and O–H groups in total. The van der Waals surface area contributed by atoms with E-state index in [1.54, 1.807) is 0 Å². The summed E-state index contributed by atoms with van der Waals surface area (Å²) in [7, 11) is -6.12. The average Bonchev–Trinajstić information content (AvgIpc) is 2.45. The number of nitrogens with two attached hydrogens (primary N) is 1. The second-order valence-electron chi connectivity index (χ2n) is 3.22. The lowest BCUT2D eigenvalue weighted by Gasteiger charge is -2.03. The summed E-state index contributed by atoms with van der Waals surface area (Å²) in [6.45, 7) is -0.339. The van der Waals surface area contributed by atoms with Gasteiger partial charge in [-0.1, -0.05) is 11.6 Å². The third-order valence-electron chi connectivity index (χ3n) is 1.77. The minimum atomic E-state index is -3.93. The molecule has 1 aromatic rings. The lowest BCUT2D eigenvalue weighted by Crippen LogP contribution is -2.31. The smallest absolute Gasteiger partial charge is 0.261 e. The number of aromatic nitrogens is 2. The van der Waals surface area contributed by atoms with Gasteiger partial charge in [-0.25, -0.2) is 31.7 Å². The molecule has 0 aromatic carbocycles. The van der Waals surface area contributed by atoms with Gasteiger partial charge in [0, 0.05) is 13.6 Å². The molecule has 0 saturated carbocycles. The molecule has 0 radical (unpaired) electrons. The molecular weight excluding hydrogens is 292 g/mol. The third-order valence-corrected chi connectivity index (χ3v) is 4.49. The van der Waals surface area contributed by atoms with Crippen LogP contribution in [0.4, 0.5) is 0 Å². The standard InChI is InChI=1S/C6H11ClN4O4S2/c1-11-4-9-6(5(11)7)17(14,15)10-2-3-16(8,12)13/h4,10H,2-3H2,1H3,(H2,8,12,13). The number of halogens is 1. The fraction of sp³-hybridized carbons (Fsp3) is 0.500. The van der Waals surface area contributed by atoms with Crippen LogP contribution in [0.5, 0.6) is 0 Å². The van der Waals surface area contributed by atoms with Crippen molar-refractivity contribution in [2.24, 2.45) is 12.2 Å². The Morgan fingerprint density at radius 2 is 2.06 bits per heavy atom. The zero-order chi connectivity index (χ0) is 13.3. The molecule has 98 valence electrons. The van der Waals surface area contributed by atoms with Crippen LogP contribution >= 0.6 is 11.6 Å². The first-order valence-electron chi connectivity index (χ1n) is 4.30. The Morgan fingerprint density at radius 1 is 1.47 bits per heavy atom. The van der Waals surface area contributed by atoms with Crippen LogP contribution in [0.25, 0.3) is 0 Å². The van der Waals surface area contributed by atoms with Gasteiger partial charge in [-0.3, -0.25) is 0 Å². The maximum atomic E-state index is 11.6. The maximum Gasteiger partial charge on any atom is 0.261 e. The fourth-order valence-electron chi connectivity index (χ4n) is 0.961. The van der Waals surface area contributed by atoms with Crippen molar-refractivity contribution >= 4 is 31.6 Å². The Labute approximate surface area is 104 Å². The Balaban J connectivity index is 2.80. The molecule has 0 aliphatic heterocycles. The van der Waals surface area contributed by atoms with Crippen LogP contribution in [-0.4, -0.2) is 38.7 Å². The molecule has 0 amide bonds. The van der Waals surface area contributed by atoms with Crippen molar-refractivity contribution in [3.63, 3.8) is 0 Å². The van der Waals surface area contributed by atoms with Gasteiger partial charge in [0.15, 0.2) is 0 Å². The van der Waals surface area contributed by atoms with Gasteiger partial charge < -0.3 is 4.57 Å². The van der Waals surface area contributed by atoms with E-state index in [1.807, 2.05) is 4.72 Å². The molecule has 0 spiro atoms. The van der Waals surface area contributed by atoms with Crippen molar-refractivity contribution in [1.82, 2.24) is 14.3 Å². The Bertz CT molecular complexity index is 606. The first kappa shape index (κ1) is 14.4. The normalized spacial score (nSPS) is 12.9. The van der Waals surface area contributed by atoms with E-state index in [-0.39, 0.29) is 16.7 Å². The molecule has 0 saturated heterocycles. The Hall–Kier alpha value is -0.680. The highest BCUT2D eigenvalue weighted by Gasteiger charge is 2.22. The number of primary sulfonamides is 1. The fourth-order valence-corrected chi connectivity index (χ4v) is 2.93. The van der Waals surface area contributed by atoms with E-state index in [9.17, 15) is 16.8 Å². The van der Waals surface area contributed by atoms with Gasteiger partial charge in [-0.15, -0.1) is 0 Å². The number of nitrogens with one attached hydrogen (secondary N) is 1. The summed E-state index contributed by atoms with van der Waals surface area (Å²) in [5, 5.41) is 4.32. The number of hydrogen-bond acceptors (Lipinski definition) is 5. The molecule has 0 aliphatic rings. The number of nitrogens with zero attached hydrogens (tertiary/aromatic N) is 2. The third kappa shape index (κ3) is 3.92. The van der Waals surface area contributed by atoms with E-state index in [0.717, 1.165) is 0 Å². The molecule has 1 heterocycles. The highest BCUT2D eigenvalue weighted by atomic mass is 35.5. The molecule has 8 nitrogen and oxygen atoms in total. The van der Waals surface area contributed by atoms with Crippen LogP contribution in [0.1, 0.15) is 0 Å². The zero-order valence-electron chi connectivity index (χ0n) is 8.79. The molecule has 0 unspecified atom stereocenters. The van der Waals surface area contributed by atoms with E-state index >= 15 is 0 Å². The van der Waals surface area contributed by atoms with Gasteiger partial charge in [0.1, 0.15) is 5.15 Å². The molecule has 11 heteroatoms. The Morgan fingerprint density at radius 3 is 2.47 bits per heavy atom. The van der Waals surface area contributed by atoms with E-state index in [2.05, 4.69) is 4.98 Å². The van der Waals surface area contributed by atoms with Gasteiger partial charge in [0.2, 0.25) is 15.0 Å². The lowest BCUT2D eigenvalue weighted by molar-refractivity contribution is 0.578. The SMILES string of the molecule is Cn1cnc(S(=O)(=O)NCCS(N)(=O)=O)c1Cl. The predicted octanol–water partition coefficient (Wildman–Crippen LogP) is -1.36. The highest BCUT2D eigenvalue weighted by molar-refractivity contribution is 7.90. The van der Waals surface area contributed by atoms with Gasteiger partial charge in [-0.2, -0.15) is 0 Å². The summed E-state index contributed by atoms with van der Waals surface area (Å²) in [6, 6.07) is 0. The second kappa shape index (κ2) is 4.90. The average molecular weight is 303 g/mol. The zero-order valence-corrected chi connectivity index (χ0v) is 11.2. The quantitative estimate of drug-likeness (QED) is 0.695. The van der Waals surface area contributed by atoms with E-state index in [0.29, 0.717) is 0 Å². The van der Waals surface area contributed by atoms with Crippen molar-refractivity contribution in [1.29, 1.82) is 0 Å². The van der Waals surface area contributed by atoms with E-state index in [1.165, 1.54) is 17.9 Å². The van der Waals surface area contributed by atoms with Gasteiger partial charge in [0.05, 0.1) is 12.1 Å². The molecule has 17 heavy (non-hydrogen) atoms. The minimum absolute atomic E-state index is 0.0619. The van der Waals surface area contributed by atoms with Crippen LogP contribution in [0.2, 0.25) is 5.15 Å². The molecule has 0 bridgehead atoms. The molecule has 1 rings (SSSR count). The summed E-state index contributed by atoms with van der Waals surface area (Å²) in [5.41, 5.74) is 0. The number of hydrogen-bond donors (Lipinski definition) is 2. The molecule has 0 fully saturated rings. The Kier molecular flexibility index (Phi) is 4.15. The first-order valence-corrected chi connectivity index (χ1v) is 7.88. The summed E-state index contributed by atoms with van der Waals surface area (Å²) in [4.78, 5) is 3.60. The van der Waals surface area contributed by atoms with Crippen molar-refractivity contribution in [3.05, 3.63) is 11.5 Å². The van der Waals surface area contributed by atoms with Crippen LogP contribution in [0.15, 0.2) is 11.4 Å². The molecular formula is C6H11ClN4O4S2. The van der Waals surface area contributed by atoms with Crippen molar-refractivity contribution in [2.45, 2.75) is 5.03 Å². The number of sulfonamides is 2. The first-order chi connectivity index (χ1) is 7.63. The monoisotopic (exact) mass is 302 g/mol. The second-order valence-corrected chi connectivity index (χ2v) is 6.99. The van der Waals surface area contributed by atoms with Crippen molar-refractivity contribution < 1.29 is 16.8 Å². The van der Waals surface area contributed by atoms with E-state index < -0.39 is 25.8 Å². The number of rotatable bonds is 5. The predicted molar refractivity (Wildman–Crippen MR) is 61.4 cm³/mol. The maximum absolute atomic E-state index is 11.6. The lowest BCUT2D eigenvalue weighted by atomic mass is 10.8. The molecule has 0 aliphatic carbocycles. The highest BCUT2D eigenvalue weighted by Crippen LogP contribution is 2.17. The summed E-state index contributed by atoms with van der Waals surface area (Å²) in [5.74, 6) is -0.503. The topological polar surface area (TPSA) is 124 Å². The van der Waals surface area contributed by atoms with Crippen LogP contribution in [0.3, 0.4) is 0 Å². The molecule has 1 aromatic heterocycles. The number of aryl methyl sites for hydroxylation is 1. The van der Waals surface area contributed by atoms with Gasteiger partial charge in [-0.05, 0) is 0 Å². The van der Waals surface area contributed by atoms with Gasteiger partial charge >= 0.3 is 0 Å². The van der Waals surface area contributed by atoms with Crippen molar-refractivity contribution in [2.75, 3.05) is 12.3 Å². The minimum Gasteiger partial charge on any atom is -0.324 e. The van der Waals surface area contributed by atoms with Crippen LogP contribution in [0, 0.1) is 0 Å². The van der Waals surface area contributed by atoms with Crippen molar-refractivity contribution in [3.8, 4) is 0 Å². The summed E-state index contributed by atoms with van der Waals surface area (Å²) >= 11 is 5.70. The summed E-state index contributed by atoms with van der Waals surface area (Å²) in [6.07, 6.45) is 1.23. The summed E-state index contributed by atoms with van der Waals surface area (Å²) < 4.78 is 47.9. The number of imidazole rings is 1. The molecule has 0 atom stereocenters. The van der Waals surface area contributed by atoms with E-state index in [4.69, 9.17) is 16.7 Å². The van der Waals surface area contributed by atoms with Crippen LogP contribution in [-0.2, 0) is 27.1 Å². The largest absolute Gasteiger partial charge is 0.324 e. The van der Waals surface area contributed by atoms with Gasteiger partial charge in [0.25, 0.3) is 10.0 Å².